The van der Waals surface area contributed by atoms with Crippen molar-refractivity contribution in [3.63, 3.8) is 0 Å². The van der Waals surface area contributed by atoms with Crippen molar-refractivity contribution in [2.45, 2.75) is 39.2 Å². The molecule has 1 atom stereocenters. The number of hydrogen-bond acceptors (Lipinski definition) is 9. The first kappa shape index (κ1) is 35.9. The molecule has 0 bridgehead atoms. The molecule has 3 aromatic carbocycles. The normalized spacial score (nSPS) is 12.4. The number of carbonyl (C=O) groups excluding carboxylic acids is 2. The van der Waals surface area contributed by atoms with Crippen LogP contribution in [0.1, 0.15) is 53.9 Å². The maximum Gasteiger partial charge on any atom is 0.416 e. The Morgan fingerprint density at radius 2 is 1.67 bits per heavy atom. The molecular formula is C34H43N7O6S. The Bertz CT molecular complexity index is 1890. The summed E-state index contributed by atoms with van der Waals surface area (Å²) in [5.74, 6) is -0.304. The quantitative estimate of drug-likeness (QED) is 0.218. The maximum atomic E-state index is 13.6. The molecule has 13 nitrogen and oxygen atoms in total. The van der Waals surface area contributed by atoms with Crippen molar-refractivity contribution in [2.75, 3.05) is 51.1 Å². The third-order valence-corrected chi connectivity index (χ3v) is 8.15. The van der Waals surface area contributed by atoms with Gasteiger partial charge in [-0.25, -0.2) is 17.9 Å². The Morgan fingerprint density at radius 1 is 1.00 bits per heavy atom. The van der Waals surface area contributed by atoms with Crippen LogP contribution in [-0.4, -0.2) is 86.3 Å². The number of nitrogens with zero attached hydrogens (tertiary/aromatic N) is 5. The van der Waals surface area contributed by atoms with Crippen molar-refractivity contribution < 1.29 is 27.5 Å². The molecule has 2 amide bonds. The number of nitrogens with one attached hydrogen (secondary N) is 2. The summed E-state index contributed by atoms with van der Waals surface area (Å²) in [5.41, 5.74) is 3.50. The Balaban J connectivity index is 1.58. The number of aromatic nitrogens is 3. The molecule has 1 aromatic heterocycles. The lowest BCUT2D eigenvalue weighted by Crippen LogP contribution is -2.38. The molecular weight excluding hydrogens is 634 g/mol. The van der Waals surface area contributed by atoms with E-state index in [4.69, 9.17) is 9.47 Å². The number of likely N-dealkylation sites (N-methyl/N-ethyl adjacent to an activating group) is 2. The van der Waals surface area contributed by atoms with Gasteiger partial charge < -0.3 is 24.6 Å². The molecule has 14 heteroatoms. The molecule has 48 heavy (non-hydrogen) atoms. The van der Waals surface area contributed by atoms with E-state index in [-0.39, 0.29) is 28.8 Å². The lowest BCUT2D eigenvalue weighted by atomic mass is 9.86. The average molecular weight is 678 g/mol. The van der Waals surface area contributed by atoms with Gasteiger partial charge >= 0.3 is 6.09 Å². The molecule has 256 valence electrons. The molecule has 4 rings (SSSR count). The first-order chi connectivity index (χ1) is 22.5. The summed E-state index contributed by atoms with van der Waals surface area (Å²) in [6, 6.07) is 17.9. The lowest BCUT2D eigenvalue weighted by Gasteiger charge is -2.29. The van der Waals surface area contributed by atoms with E-state index in [1.807, 2.05) is 77.0 Å². The average Bonchev–Trinajstić information content (AvgIpc) is 3.46. The molecule has 1 heterocycles. The molecule has 0 spiro atoms. The molecule has 0 fully saturated rings. The molecule has 0 unspecified atom stereocenters. The Kier molecular flexibility index (Phi) is 10.8. The van der Waals surface area contributed by atoms with Gasteiger partial charge in [-0.1, -0.05) is 67.5 Å². The van der Waals surface area contributed by atoms with Crippen LogP contribution in [0.3, 0.4) is 0 Å². The molecule has 0 aliphatic rings. The van der Waals surface area contributed by atoms with Crippen LogP contribution in [0.25, 0.3) is 5.69 Å². The summed E-state index contributed by atoms with van der Waals surface area (Å²) >= 11 is 0. The van der Waals surface area contributed by atoms with Gasteiger partial charge in [0.15, 0.2) is 5.75 Å². The number of carbonyl (C=O) groups is 2. The number of hydrogen-bond donors (Lipinski definition) is 2. The minimum absolute atomic E-state index is 0.00703. The van der Waals surface area contributed by atoms with Crippen molar-refractivity contribution in [1.82, 2.24) is 24.8 Å². The first-order valence-electron chi connectivity index (χ1n) is 15.2. The fourth-order valence-corrected chi connectivity index (χ4v) is 5.57. The highest BCUT2D eigenvalue weighted by Gasteiger charge is 2.26. The smallest absolute Gasteiger partial charge is 0.416 e. The largest absolute Gasteiger partial charge is 0.492 e. The SMILES string of the molecule is COc1c(NC(=O)c2ccc(C)c(-n3cc(OC(=O)N(C)[C@H](CN(C)C)c4ccccc4)nn3)c2)cc(C(C)(C)C)cc1NS(C)(=O)=O. The van der Waals surface area contributed by atoms with E-state index in [0.29, 0.717) is 23.5 Å². The van der Waals surface area contributed by atoms with Gasteiger partial charge in [-0.15, -0.1) is 0 Å². The van der Waals surface area contributed by atoms with Crippen LogP contribution in [0.4, 0.5) is 16.2 Å². The summed E-state index contributed by atoms with van der Waals surface area (Å²) in [4.78, 5) is 30.3. The van der Waals surface area contributed by atoms with E-state index >= 15 is 0 Å². The van der Waals surface area contributed by atoms with Gasteiger partial charge in [-0.2, -0.15) is 0 Å². The lowest BCUT2D eigenvalue weighted by molar-refractivity contribution is 0.102. The molecule has 0 radical (unpaired) electrons. The van der Waals surface area contributed by atoms with Crippen LogP contribution in [-0.2, 0) is 15.4 Å². The van der Waals surface area contributed by atoms with Crippen molar-refractivity contribution >= 4 is 33.4 Å². The van der Waals surface area contributed by atoms with E-state index in [0.717, 1.165) is 22.9 Å². The summed E-state index contributed by atoms with van der Waals surface area (Å²) in [5, 5.41) is 11.1. The predicted octanol–water partition coefficient (Wildman–Crippen LogP) is 5.24. The van der Waals surface area contributed by atoms with Crippen LogP contribution in [0.5, 0.6) is 11.6 Å². The van der Waals surface area contributed by atoms with Gasteiger partial charge in [-0.3, -0.25) is 9.52 Å². The second-order valence-corrected chi connectivity index (χ2v) is 14.6. The van der Waals surface area contributed by atoms with Crippen LogP contribution < -0.4 is 19.5 Å². The summed E-state index contributed by atoms with van der Waals surface area (Å²) < 4.78 is 39.3. The molecule has 2 N–H and O–H groups in total. The summed E-state index contributed by atoms with van der Waals surface area (Å²) in [6.45, 7) is 8.36. The van der Waals surface area contributed by atoms with Crippen molar-refractivity contribution in [3.05, 3.63) is 89.1 Å². The van der Waals surface area contributed by atoms with Gasteiger partial charge in [0.25, 0.3) is 11.8 Å². The molecule has 0 saturated heterocycles. The van der Waals surface area contributed by atoms with Gasteiger partial charge in [0.2, 0.25) is 10.0 Å². The zero-order valence-electron chi connectivity index (χ0n) is 28.7. The number of ether oxygens (including phenoxy) is 2. The minimum Gasteiger partial charge on any atom is -0.492 e. The van der Waals surface area contributed by atoms with Gasteiger partial charge in [0, 0.05) is 19.2 Å². The second kappa shape index (κ2) is 14.4. The Hall–Kier alpha value is -4.95. The minimum atomic E-state index is -3.64. The first-order valence-corrected chi connectivity index (χ1v) is 17.1. The fourth-order valence-electron chi connectivity index (χ4n) is 5.02. The highest BCUT2D eigenvalue weighted by atomic mass is 32.2. The predicted molar refractivity (Wildman–Crippen MR) is 186 cm³/mol. The van der Waals surface area contributed by atoms with Crippen LogP contribution in [0.2, 0.25) is 0 Å². The summed E-state index contributed by atoms with van der Waals surface area (Å²) in [7, 11) is 3.30. The molecule has 0 aliphatic heterocycles. The Labute approximate surface area is 281 Å². The maximum absolute atomic E-state index is 13.6. The number of amides is 2. The zero-order chi connectivity index (χ0) is 35.4. The van der Waals surface area contributed by atoms with E-state index in [2.05, 4.69) is 20.4 Å². The van der Waals surface area contributed by atoms with Crippen LogP contribution in [0.15, 0.2) is 66.9 Å². The molecule has 4 aromatic rings. The summed E-state index contributed by atoms with van der Waals surface area (Å²) in [6.07, 6.45) is 1.92. The van der Waals surface area contributed by atoms with Crippen LogP contribution in [0, 0.1) is 6.92 Å². The van der Waals surface area contributed by atoms with Gasteiger partial charge in [0.1, 0.15) is 0 Å². The number of methoxy groups -OCH3 is 1. The highest BCUT2D eigenvalue weighted by Crippen LogP contribution is 2.39. The van der Waals surface area contributed by atoms with E-state index in [1.165, 1.54) is 22.9 Å². The van der Waals surface area contributed by atoms with Crippen molar-refractivity contribution in [2.24, 2.45) is 0 Å². The Morgan fingerprint density at radius 3 is 2.27 bits per heavy atom. The second-order valence-electron chi connectivity index (χ2n) is 12.9. The zero-order valence-corrected chi connectivity index (χ0v) is 29.5. The van der Waals surface area contributed by atoms with E-state index < -0.39 is 22.0 Å². The van der Waals surface area contributed by atoms with Gasteiger partial charge in [0.05, 0.1) is 42.7 Å². The molecule has 0 aliphatic carbocycles. The van der Waals surface area contributed by atoms with Crippen LogP contribution >= 0.6 is 0 Å². The highest BCUT2D eigenvalue weighted by molar-refractivity contribution is 7.92. The number of rotatable bonds is 11. The van der Waals surface area contributed by atoms with Gasteiger partial charge in [-0.05, 0) is 67.4 Å². The number of benzene rings is 3. The van der Waals surface area contributed by atoms with E-state index in [9.17, 15) is 18.0 Å². The fraction of sp³-hybridized carbons (Fsp3) is 0.353. The van der Waals surface area contributed by atoms with Crippen molar-refractivity contribution in [1.29, 1.82) is 0 Å². The topological polar surface area (TPSA) is 148 Å². The third-order valence-electron chi connectivity index (χ3n) is 7.56. The molecule has 0 saturated carbocycles. The van der Waals surface area contributed by atoms with Crippen molar-refractivity contribution in [3.8, 4) is 17.3 Å². The number of anilines is 2. The third kappa shape index (κ3) is 8.89. The standard InChI is InChI=1S/C34H43N7O6S/c1-22-15-16-24(32(42)35-26-18-25(34(2,3)4)19-27(31(26)46-8)37-48(9,44)45)17-28(22)41-21-30(36-38-41)47-33(43)40(7)29(20-39(5)6)23-13-11-10-12-14-23/h10-19,21,29,37H,20H2,1-9H3,(H,35,42)/t29-/m1/s1. The van der Waals surface area contributed by atoms with E-state index in [1.54, 1.807) is 37.4 Å². The monoisotopic (exact) mass is 677 g/mol. The number of sulfonamides is 1. The number of aryl methyl sites for hydroxylation is 1.